The molecule has 3 rings (SSSR count). The number of benzene rings is 2. The van der Waals surface area contributed by atoms with Gasteiger partial charge in [0.15, 0.2) is 0 Å². The number of aromatic nitrogens is 2. The number of nitrogens with one attached hydrogen (secondary N) is 1. The highest BCUT2D eigenvalue weighted by Gasteiger charge is 2.12. The van der Waals surface area contributed by atoms with Crippen molar-refractivity contribution in [2.24, 2.45) is 0 Å². The van der Waals surface area contributed by atoms with E-state index < -0.39 is 5.91 Å². The van der Waals surface area contributed by atoms with Crippen molar-refractivity contribution in [2.75, 3.05) is 19.5 Å². The smallest absolute Gasteiger partial charge is 0.267 e. The van der Waals surface area contributed by atoms with Crippen LogP contribution in [0.15, 0.2) is 65.5 Å². The predicted molar refractivity (Wildman–Crippen MR) is 102 cm³/mol. The van der Waals surface area contributed by atoms with Gasteiger partial charge in [-0.3, -0.25) is 9.59 Å². The van der Waals surface area contributed by atoms with E-state index in [1.807, 2.05) is 30.3 Å². The molecule has 0 spiro atoms. The number of methoxy groups -OCH3 is 2. The van der Waals surface area contributed by atoms with Gasteiger partial charge < -0.3 is 14.8 Å². The van der Waals surface area contributed by atoms with E-state index in [9.17, 15) is 9.59 Å². The van der Waals surface area contributed by atoms with Crippen LogP contribution in [0.1, 0.15) is 0 Å². The molecule has 0 unspecified atom stereocenters. The summed E-state index contributed by atoms with van der Waals surface area (Å²) in [5.41, 5.74) is 1.57. The lowest BCUT2D eigenvalue weighted by Gasteiger charge is -2.12. The van der Waals surface area contributed by atoms with Crippen molar-refractivity contribution in [1.29, 1.82) is 0 Å². The van der Waals surface area contributed by atoms with E-state index in [4.69, 9.17) is 9.47 Å². The highest BCUT2D eigenvalue weighted by Crippen LogP contribution is 2.28. The Bertz CT molecular complexity index is 1000. The number of anilines is 1. The number of nitrogens with zero attached hydrogens (tertiary/aromatic N) is 2. The van der Waals surface area contributed by atoms with Crippen molar-refractivity contribution in [2.45, 2.75) is 6.54 Å². The lowest BCUT2D eigenvalue weighted by atomic mass is 10.1. The van der Waals surface area contributed by atoms with Crippen LogP contribution in [0, 0.1) is 0 Å². The molecule has 1 heterocycles. The van der Waals surface area contributed by atoms with E-state index in [-0.39, 0.29) is 12.1 Å². The van der Waals surface area contributed by atoms with Gasteiger partial charge in [0.1, 0.15) is 18.0 Å². The number of ether oxygens (including phenoxy) is 2. The first-order valence-corrected chi connectivity index (χ1v) is 8.26. The van der Waals surface area contributed by atoms with Crippen molar-refractivity contribution in [3.8, 4) is 22.8 Å². The fourth-order valence-electron chi connectivity index (χ4n) is 2.56. The predicted octanol–water partition coefficient (Wildman–Crippen LogP) is 2.57. The summed E-state index contributed by atoms with van der Waals surface area (Å²) in [6.45, 7) is -0.222. The summed E-state index contributed by atoms with van der Waals surface area (Å²) in [5, 5.41) is 7.02. The Labute approximate surface area is 156 Å². The van der Waals surface area contributed by atoms with Crippen LogP contribution in [-0.4, -0.2) is 29.9 Å². The monoisotopic (exact) mass is 365 g/mol. The second-order valence-corrected chi connectivity index (χ2v) is 5.69. The molecule has 1 amide bonds. The van der Waals surface area contributed by atoms with Crippen LogP contribution in [0.3, 0.4) is 0 Å². The van der Waals surface area contributed by atoms with Gasteiger partial charge in [-0.25, -0.2) is 4.68 Å². The zero-order valence-electron chi connectivity index (χ0n) is 15.0. The third-order valence-electron chi connectivity index (χ3n) is 3.91. The van der Waals surface area contributed by atoms with Gasteiger partial charge in [0, 0.05) is 17.7 Å². The van der Waals surface area contributed by atoms with Crippen molar-refractivity contribution >= 4 is 11.6 Å². The van der Waals surface area contributed by atoms with Crippen molar-refractivity contribution < 1.29 is 14.3 Å². The first-order chi connectivity index (χ1) is 13.1. The number of rotatable bonds is 6. The summed E-state index contributed by atoms with van der Waals surface area (Å²) in [7, 11) is 3.04. The lowest BCUT2D eigenvalue weighted by molar-refractivity contribution is -0.117. The molecule has 2 aromatic carbocycles. The van der Waals surface area contributed by atoms with Gasteiger partial charge in [-0.1, -0.05) is 30.3 Å². The molecule has 1 aromatic heterocycles. The van der Waals surface area contributed by atoms with Gasteiger partial charge in [-0.05, 0) is 18.2 Å². The molecule has 7 nitrogen and oxygen atoms in total. The summed E-state index contributed by atoms with van der Waals surface area (Å²) in [4.78, 5) is 24.5. The SMILES string of the molecule is COc1ccc(OC)c(NC(=O)Cn2nc(-c3ccccc3)ccc2=O)c1. The molecule has 3 aromatic rings. The van der Waals surface area contributed by atoms with Crippen LogP contribution in [-0.2, 0) is 11.3 Å². The van der Waals surface area contributed by atoms with E-state index >= 15 is 0 Å². The second kappa shape index (κ2) is 8.18. The van der Waals surface area contributed by atoms with E-state index in [0.29, 0.717) is 22.9 Å². The molecular formula is C20H19N3O4. The first-order valence-electron chi connectivity index (χ1n) is 8.26. The first kappa shape index (κ1) is 18.2. The highest BCUT2D eigenvalue weighted by atomic mass is 16.5. The number of hydrogen-bond donors (Lipinski definition) is 1. The minimum Gasteiger partial charge on any atom is -0.497 e. The van der Waals surface area contributed by atoms with Crippen LogP contribution in [0.25, 0.3) is 11.3 Å². The molecule has 7 heteroatoms. The van der Waals surface area contributed by atoms with E-state index in [1.165, 1.54) is 20.3 Å². The van der Waals surface area contributed by atoms with E-state index in [1.54, 1.807) is 24.3 Å². The van der Waals surface area contributed by atoms with E-state index in [2.05, 4.69) is 10.4 Å². The minimum atomic E-state index is -0.402. The molecular weight excluding hydrogens is 346 g/mol. The van der Waals surface area contributed by atoms with Crippen molar-refractivity contribution in [1.82, 2.24) is 9.78 Å². The average molecular weight is 365 g/mol. The maximum absolute atomic E-state index is 12.4. The number of carbonyl (C=O) groups is 1. The topological polar surface area (TPSA) is 82.4 Å². The van der Waals surface area contributed by atoms with Crippen LogP contribution in [0.2, 0.25) is 0 Å². The summed E-state index contributed by atoms with van der Waals surface area (Å²) in [6.07, 6.45) is 0. The highest BCUT2D eigenvalue weighted by molar-refractivity contribution is 5.92. The Hall–Kier alpha value is -3.61. The molecule has 0 saturated heterocycles. The van der Waals surface area contributed by atoms with Crippen molar-refractivity contribution in [3.63, 3.8) is 0 Å². The molecule has 27 heavy (non-hydrogen) atoms. The molecule has 0 saturated carbocycles. The molecule has 0 radical (unpaired) electrons. The van der Waals surface area contributed by atoms with Crippen LogP contribution in [0.5, 0.6) is 11.5 Å². The van der Waals surface area contributed by atoms with Crippen LogP contribution in [0.4, 0.5) is 5.69 Å². The maximum atomic E-state index is 12.4. The van der Waals surface area contributed by atoms with E-state index in [0.717, 1.165) is 10.2 Å². The molecule has 0 atom stereocenters. The van der Waals surface area contributed by atoms with Gasteiger partial charge in [-0.15, -0.1) is 0 Å². The Morgan fingerprint density at radius 1 is 1.04 bits per heavy atom. The second-order valence-electron chi connectivity index (χ2n) is 5.69. The van der Waals surface area contributed by atoms with Crippen molar-refractivity contribution in [3.05, 3.63) is 71.0 Å². The number of carbonyl (C=O) groups excluding carboxylic acids is 1. The Kier molecular flexibility index (Phi) is 5.51. The number of amides is 1. The largest absolute Gasteiger partial charge is 0.497 e. The fraction of sp³-hybridized carbons (Fsp3) is 0.150. The molecule has 0 aliphatic rings. The summed E-state index contributed by atoms with van der Waals surface area (Å²) in [6, 6.07) is 17.5. The maximum Gasteiger partial charge on any atom is 0.267 e. The fourth-order valence-corrected chi connectivity index (χ4v) is 2.56. The van der Waals surface area contributed by atoms with Gasteiger partial charge in [0.05, 0.1) is 25.6 Å². The van der Waals surface area contributed by atoms with Crippen LogP contribution >= 0.6 is 0 Å². The summed E-state index contributed by atoms with van der Waals surface area (Å²) in [5.74, 6) is 0.663. The lowest BCUT2D eigenvalue weighted by Crippen LogP contribution is -2.29. The van der Waals surface area contributed by atoms with Gasteiger partial charge in [0.25, 0.3) is 5.56 Å². The Balaban J connectivity index is 1.81. The Morgan fingerprint density at radius 2 is 1.81 bits per heavy atom. The quantitative estimate of drug-likeness (QED) is 0.726. The third-order valence-corrected chi connectivity index (χ3v) is 3.91. The summed E-state index contributed by atoms with van der Waals surface area (Å²) < 4.78 is 11.5. The minimum absolute atomic E-state index is 0.222. The van der Waals surface area contributed by atoms with Gasteiger partial charge in [0.2, 0.25) is 5.91 Å². The standard InChI is InChI=1S/C20H19N3O4/c1-26-15-8-10-18(27-2)17(12-15)21-19(24)13-23-20(25)11-9-16(22-23)14-6-4-3-5-7-14/h3-12H,13H2,1-2H3,(H,21,24). The molecule has 0 fully saturated rings. The molecule has 138 valence electrons. The average Bonchev–Trinajstić information content (AvgIpc) is 2.70. The molecule has 1 N–H and O–H groups in total. The summed E-state index contributed by atoms with van der Waals surface area (Å²) >= 11 is 0. The molecule has 0 bridgehead atoms. The molecule has 0 aliphatic carbocycles. The zero-order valence-corrected chi connectivity index (χ0v) is 15.0. The zero-order chi connectivity index (χ0) is 19.2. The van der Waals surface area contributed by atoms with Gasteiger partial charge in [-0.2, -0.15) is 5.10 Å². The number of hydrogen-bond acceptors (Lipinski definition) is 5. The van der Waals surface area contributed by atoms with Gasteiger partial charge >= 0.3 is 0 Å². The molecule has 0 aliphatic heterocycles. The van der Waals surface area contributed by atoms with Crippen LogP contribution < -0.4 is 20.3 Å². The third kappa shape index (κ3) is 4.33. The normalized spacial score (nSPS) is 10.3. The Morgan fingerprint density at radius 3 is 2.52 bits per heavy atom.